The van der Waals surface area contributed by atoms with Gasteiger partial charge in [-0.05, 0) is 18.6 Å². The predicted octanol–water partition coefficient (Wildman–Crippen LogP) is 2.38. The fourth-order valence-electron chi connectivity index (χ4n) is 0.896. The Morgan fingerprint density at radius 2 is 2.09 bits per heavy atom. The third-order valence-corrected chi connectivity index (χ3v) is 1.91. The van der Waals surface area contributed by atoms with Gasteiger partial charge in [0.15, 0.2) is 0 Å². The van der Waals surface area contributed by atoms with Gasteiger partial charge in [-0.15, -0.1) is 0 Å². The Bertz CT molecular complexity index is 239. The molecule has 1 unspecified atom stereocenters. The topological polar surface area (TPSA) is 32.3 Å². The molecule has 0 bridgehead atoms. The normalized spacial score (nSPS) is 13.0. The van der Waals surface area contributed by atoms with Gasteiger partial charge in [-0.2, -0.15) is 5.48 Å². The first kappa shape index (κ1) is 8.53. The smallest absolute Gasteiger partial charge is 0.0555 e. The molecule has 0 heterocycles. The van der Waals surface area contributed by atoms with E-state index in [9.17, 15) is 0 Å². The van der Waals surface area contributed by atoms with Crippen molar-refractivity contribution >= 4 is 11.6 Å². The lowest BCUT2D eigenvalue weighted by molar-refractivity contribution is 0.133. The molecule has 3 heteroatoms. The summed E-state index contributed by atoms with van der Waals surface area (Å²) in [5.41, 5.74) is 3.04. The number of hydroxylamine groups is 1. The van der Waals surface area contributed by atoms with Crippen molar-refractivity contribution in [2.24, 2.45) is 0 Å². The van der Waals surface area contributed by atoms with Gasteiger partial charge in [0, 0.05) is 5.02 Å². The van der Waals surface area contributed by atoms with Gasteiger partial charge >= 0.3 is 0 Å². The van der Waals surface area contributed by atoms with Crippen LogP contribution in [0.1, 0.15) is 18.5 Å². The molecule has 1 aromatic rings. The molecular formula is C8H10ClNO. The largest absolute Gasteiger partial charge is 0.316 e. The minimum Gasteiger partial charge on any atom is -0.316 e. The van der Waals surface area contributed by atoms with E-state index in [4.69, 9.17) is 16.8 Å². The van der Waals surface area contributed by atoms with Gasteiger partial charge in [-0.25, -0.2) is 0 Å². The maximum absolute atomic E-state index is 8.60. The Kier molecular flexibility index (Phi) is 2.88. The van der Waals surface area contributed by atoms with Crippen molar-refractivity contribution in [3.8, 4) is 0 Å². The highest BCUT2D eigenvalue weighted by atomic mass is 35.5. The van der Waals surface area contributed by atoms with Gasteiger partial charge < -0.3 is 5.21 Å². The highest BCUT2D eigenvalue weighted by Gasteiger charge is 2.05. The monoisotopic (exact) mass is 171 g/mol. The molecule has 0 aliphatic heterocycles. The second kappa shape index (κ2) is 3.72. The molecule has 1 aromatic carbocycles. The first-order valence-corrected chi connectivity index (χ1v) is 3.77. The lowest BCUT2D eigenvalue weighted by Crippen LogP contribution is -2.13. The molecule has 2 nitrogen and oxygen atoms in total. The standard InChI is InChI=1S/C8H10ClNO/c1-6(10-11)7-4-2-3-5-8(7)9/h2-6,10-11H,1H3. The van der Waals surface area contributed by atoms with Gasteiger partial charge in [-0.3, -0.25) is 0 Å². The van der Waals surface area contributed by atoms with Gasteiger partial charge in [0.1, 0.15) is 0 Å². The second-order valence-corrected chi connectivity index (χ2v) is 2.78. The molecular weight excluding hydrogens is 162 g/mol. The van der Waals surface area contributed by atoms with Crippen LogP contribution in [0, 0.1) is 0 Å². The van der Waals surface area contributed by atoms with Crippen LogP contribution in [-0.4, -0.2) is 5.21 Å². The van der Waals surface area contributed by atoms with E-state index in [1.54, 1.807) is 6.07 Å². The third kappa shape index (κ3) is 1.93. The van der Waals surface area contributed by atoms with Crippen molar-refractivity contribution in [1.29, 1.82) is 0 Å². The minimum absolute atomic E-state index is 0.122. The summed E-state index contributed by atoms with van der Waals surface area (Å²) in [5.74, 6) is 0. The van der Waals surface area contributed by atoms with Crippen molar-refractivity contribution in [1.82, 2.24) is 5.48 Å². The average Bonchev–Trinajstić information content (AvgIpc) is 2.04. The summed E-state index contributed by atoms with van der Waals surface area (Å²) in [6.07, 6.45) is 0. The second-order valence-electron chi connectivity index (χ2n) is 2.37. The van der Waals surface area contributed by atoms with Crippen LogP contribution in [0.25, 0.3) is 0 Å². The SMILES string of the molecule is CC(NO)c1ccccc1Cl. The summed E-state index contributed by atoms with van der Waals surface area (Å²) in [7, 11) is 0. The predicted molar refractivity (Wildman–Crippen MR) is 44.8 cm³/mol. The zero-order valence-corrected chi connectivity index (χ0v) is 6.97. The van der Waals surface area contributed by atoms with E-state index in [-0.39, 0.29) is 6.04 Å². The van der Waals surface area contributed by atoms with E-state index >= 15 is 0 Å². The number of hydrogen-bond acceptors (Lipinski definition) is 2. The molecule has 0 aliphatic carbocycles. The lowest BCUT2D eigenvalue weighted by Gasteiger charge is -2.10. The lowest BCUT2D eigenvalue weighted by atomic mass is 10.1. The summed E-state index contributed by atoms with van der Waals surface area (Å²) in [6.45, 7) is 1.83. The summed E-state index contributed by atoms with van der Waals surface area (Å²) >= 11 is 5.85. The van der Waals surface area contributed by atoms with E-state index in [2.05, 4.69) is 5.48 Å². The summed E-state index contributed by atoms with van der Waals surface area (Å²) in [5, 5.41) is 9.27. The van der Waals surface area contributed by atoms with Crippen LogP contribution in [0.2, 0.25) is 5.02 Å². The van der Waals surface area contributed by atoms with Crippen LogP contribution in [0.3, 0.4) is 0 Å². The van der Waals surface area contributed by atoms with Crippen LogP contribution in [-0.2, 0) is 0 Å². The first-order valence-electron chi connectivity index (χ1n) is 3.39. The molecule has 60 valence electrons. The van der Waals surface area contributed by atoms with Crippen LogP contribution >= 0.6 is 11.6 Å². The van der Waals surface area contributed by atoms with E-state index in [1.807, 2.05) is 25.1 Å². The molecule has 0 amide bonds. The number of hydrogen-bond donors (Lipinski definition) is 2. The Morgan fingerprint density at radius 1 is 1.45 bits per heavy atom. The van der Waals surface area contributed by atoms with E-state index in [0.717, 1.165) is 5.56 Å². The first-order chi connectivity index (χ1) is 5.25. The third-order valence-electron chi connectivity index (χ3n) is 1.57. The van der Waals surface area contributed by atoms with E-state index in [1.165, 1.54) is 0 Å². The summed E-state index contributed by atoms with van der Waals surface area (Å²) < 4.78 is 0. The van der Waals surface area contributed by atoms with Crippen LogP contribution in [0.5, 0.6) is 0 Å². The van der Waals surface area contributed by atoms with Gasteiger partial charge in [0.05, 0.1) is 6.04 Å². The molecule has 0 spiro atoms. The van der Waals surface area contributed by atoms with Crippen molar-refractivity contribution in [2.75, 3.05) is 0 Å². The Balaban J connectivity index is 2.93. The fraction of sp³-hybridized carbons (Fsp3) is 0.250. The average molecular weight is 172 g/mol. The zero-order chi connectivity index (χ0) is 8.27. The van der Waals surface area contributed by atoms with Crippen LogP contribution < -0.4 is 5.48 Å². The fourth-order valence-corrected chi connectivity index (χ4v) is 1.20. The van der Waals surface area contributed by atoms with Crippen LogP contribution in [0.4, 0.5) is 0 Å². The van der Waals surface area contributed by atoms with Crippen molar-refractivity contribution in [2.45, 2.75) is 13.0 Å². The molecule has 2 N–H and O–H groups in total. The molecule has 11 heavy (non-hydrogen) atoms. The van der Waals surface area contributed by atoms with Gasteiger partial charge in [0.2, 0.25) is 0 Å². The quantitative estimate of drug-likeness (QED) is 0.670. The highest BCUT2D eigenvalue weighted by Crippen LogP contribution is 2.21. The van der Waals surface area contributed by atoms with Crippen molar-refractivity contribution in [3.63, 3.8) is 0 Å². The molecule has 0 saturated carbocycles. The van der Waals surface area contributed by atoms with E-state index < -0.39 is 0 Å². The number of benzene rings is 1. The molecule has 1 rings (SSSR count). The Labute approximate surface area is 70.8 Å². The van der Waals surface area contributed by atoms with Gasteiger partial charge in [0.25, 0.3) is 0 Å². The zero-order valence-electron chi connectivity index (χ0n) is 6.21. The van der Waals surface area contributed by atoms with Crippen molar-refractivity contribution < 1.29 is 5.21 Å². The van der Waals surface area contributed by atoms with Crippen molar-refractivity contribution in [3.05, 3.63) is 34.9 Å². The molecule has 0 fully saturated rings. The summed E-state index contributed by atoms with van der Waals surface area (Å²) in [6, 6.07) is 7.29. The Morgan fingerprint density at radius 3 is 2.64 bits per heavy atom. The number of nitrogens with one attached hydrogen (secondary N) is 1. The number of rotatable bonds is 2. The molecule has 0 saturated heterocycles. The minimum atomic E-state index is -0.122. The van der Waals surface area contributed by atoms with E-state index in [0.29, 0.717) is 5.02 Å². The molecule has 0 aliphatic rings. The molecule has 0 radical (unpaired) electrons. The maximum Gasteiger partial charge on any atom is 0.0555 e. The van der Waals surface area contributed by atoms with Crippen LogP contribution in [0.15, 0.2) is 24.3 Å². The molecule has 0 aromatic heterocycles. The van der Waals surface area contributed by atoms with Gasteiger partial charge in [-0.1, -0.05) is 29.8 Å². The molecule has 1 atom stereocenters. The summed E-state index contributed by atoms with van der Waals surface area (Å²) in [4.78, 5) is 0. The maximum atomic E-state index is 8.60. The number of halogens is 1. The highest BCUT2D eigenvalue weighted by molar-refractivity contribution is 6.31. The Hall–Kier alpha value is -0.570.